The van der Waals surface area contributed by atoms with Crippen LogP contribution >= 0.6 is 27.3 Å². The highest BCUT2D eigenvalue weighted by atomic mass is 79.9. The summed E-state index contributed by atoms with van der Waals surface area (Å²) in [5.74, 6) is -1.56. The zero-order valence-electron chi connectivity index (χ0n) is 16.0. The van der Waals surface area contributed by atoms with Crippen molar-refractivity contribution in [1.29, 1.82) is 0 Å². The maximum absolute atomic E-state index is 13.7. The van der Waals surface area contributed by atoms with Gasteiger partial charge in [-0.2, -0.15) is 0 Å². The zero-order chi connectivity index (χ0) is 21.7. The van der Waals surface area contributed by atoms with Crippen molar-refractivity contribution >= 4 is 44.2 Å². The number of halogens is 3. The van der Waals surface area contributed by atoms with Gasteiger partial charge in [-0.15, -0.1) is 11.3 Å². The van der Waals surface area contributed by atoms with Crippen LogP contribution in [0.15, 0.2) is 47.1 Å². The van der Waals surface area contributed by atoms with Gasteiger partial charge in [0.05, 0.1) is 5.56 Å². The summed E-state index contributed by atoms with van der Waals surface area (Å²) in [7, 11) is 0. The van der Waals surface area contributed by atoms with Crippen LogP contribution in [0.2, 0.25) is 0 Å². The fourth-order valence-electron chi connectivity index (χ4n) is 2.63. The number of carbonyl (C=O) groups is 2. The second kappa shape index (κ2) is 9.90. The van der Waals surface area contributed by atoms with Gasteiger partial charge in [-0.05, 0) is 58.2 Å². The monoisotopic (exact) mass is 493 g/mol. The number of nitrogens with zero attached hydrogens (tertiary/aromatic N) is 1. The number of amides is 2. The number of aryl methyl sites for hydroxylation is 1. The third-order valence-corrected chi connectivity index (χ3v) is 5.83. The molecular formula is C21H18BrF2N3O2S. The van der Waals surface area contributed by atoms with Crippen LogP contribution in [-0.4, -0.2) is 23.3 Å². The number of carbonyl (C=O) groups excluding carboxylic acids is 2. The molecular weight excluding hydrogens is 476 g/mol. The Hall–Kier alpha value is -2.65. The Bertz CT molecular complexity index is 1090. The third-order valence-electron chi connectivity index (χ3n) is 4.23. The number of nitrogens with one attached hydrogen (secondary N) is 2. The largest absolute Gasteiger partial charge is 0.351 e. The number of thiazole rings is 1. The van der Waals surface area contributed by atoms with Crippen LogP contribution in [0.25, 0.3) is 0 Å². The van der Waals surface area contributed by atoms with Gasteiger partial charge in [0.15, 0.2) is 5.13 Å². The predicted octanol–water partition coefficient (Wildman–Crippen LogP) is 4.84. The molecule has 0 bridgehead atoms. The Morgan fingerprint density at radius 2 is 1.97 bits per heavy atom. The van der Waals surface area contributed by atoms with Crippen LogP contribution in [0.3, 0.4) is 0 Å². The quantitative estimate of drug-likeness (QED) is 0.494. The lowest BCUT2D eigenvalue weighted by Crippen LogP contribution is -2.28. The highest BCUT2D eigenvalue weighted by Gasteiger charge is 2.12. The molecule has 1 aromatic heterocycles. The van der Waals surface area contributed by atoms with E-state index in [2.05, 4.69) is 31.5 Å². The summed E-state index contributed by atoms with van der Waals surface area (Å²) in [6, 6.07) is 8.89. The number of benzene rings is 2. The molecule has 0 unspecified atom stereocenters. The van der Waals surface area contributed by atoms with Gasteiger partial charge in [-0.1, -0.05) is 12.1 Å². The highest BCUT2D eigenvalue weighted by molar-refractivity contribution is 9.10. The van der Waals surface area contributed by atoms with Crippen LogP contribution in [0, 0.1) is 18.6 Å². The average molecular weight is 494 g/mol. The van der Waals surface area contributed by atoms with Crippen LogP contribution < -0.4 is 10.6 Å². The molecule has 9 heteroatoms. The van der Waals surface area contributed by atoms with E-state index in [1.54, 1.807) is 19.2 Å². The molecule has 2 amide bonds. The third kappa shape index (κ3) is 5.93. The Kier molecular flexibility index (Phi) is 7.28. The van der Waals surface area contributed by atoms with Crippen molar-refractivity contribution < 1.29 is 18.4 Å². The number of rotatable bonds is 7. The Balaban J connectivity index is 1.48. The topological polar surface area (TPSA) is 71.1 Å². The zero-order valence-corrected chi connectivity index (χ0v) is 18.4. The fourth-order valence-corrected chi connectivity index (χ4v) is 3.92. The Morgan fingerprint density at radius 1 is 1.17 bits per heavy atom. The summed E-state index contributed by atoms with van der Waals surface area (Å²) in [6.45, 7) is 1.80. The highest BCUT2D eigenvalue weighted by Crippen LogP contribution is 2.22. The first-order chi connectivity index (χ1) is 14.3. The molecule has 3 aromatic rings. The van der Waals surface area contributed by atoms with Crippen molar-refractivity contribution in [3.8, 4) is 0 Å². The van der Waals surface area contributed by atoms with Crippen LogP contribution in [0.5, 0.6) is 0 Å². The molecule has 0 atom stereocenters. The van der Waals surface area contributed by atoms with Gasteiger partial charge in [-0.25, -0.2) is 13.8 Å². The SMILES string of the molecule is Cc1ccc(Cc2cnc(NC(=O)CCNC(=O)c3cc(F)ccc3Br)s2)cc1F. The number of hydrogen-bond donors (Lipinski definition) is 2. The molecule has 0 aliphatic heterocycles. The predicted molar refractivity (Wildman–Crippen MR) is 116 cm³/mol. The second-order valence-corrected chi connectivity index (χ2v) is 8.54. The number of hydrogen-bond acceptors (Lipinski definition) is 4. The van der Waals surface area contributed by atoms with Crippen molar-refractivity contribution in [2.24, 2.45) is 0 Å². The summed E-state index contributed by atoms with van der Waals surface area (Å²) < 4.78 is 27.4. The molecule has 2 aromatic carbocycles. The summed E-state index contributed by atoms with van der Waals surface area (Å²) in [5.41, 5.74) is 1.58. The van der Waals surface area contributed by atoms with Crippen molar-refractivity contribution in [2.75, 3.05) is 11.9 Å². The maximum atomic E-state index is 13.7. The molecule has 5 nitrogen and oxygen atoms in total. The molecule has 3 rings (SSSR count). The lowest BCUT2D eigenvalue weighted by atomic mass is 10.1. The summed E-state index contributed by atoms with van der Waals surface area (Å²) in [4.78, 5) is 29.2. The summed E-state index contributed by atoms with van der Waals surface area (Å²) in [5, 5.41) is 5.69. The number of aromatic nitrogens is 1. The van der Waals surface area contributed by atoms with E-state index in [0.29, 0.717) is 21.6 Å². The van der Waals surface area contributed by atoms with Gasteiger partial charge in [0.2, 0.25) is 5.91 Å². The second-order valence-electron chi connectivity index (χ2n) is 6.57. The van der Waals surface area contributed by atoms with Gasteiger partial charge < -0.3 is 10.6 Å². The van der Waals surface area contributed by atoms with Gasteiger partial charge in [-0.3, -0.25) is 9.59 Å². The lowest BCUT2D eigenvalue weighted by Gasteiger charge is -2.07. The molecule has 1 heterocycles. The summed E-state index contributed by atoms with van der Waals surface area (Å²) >= 11 is 4.50. The minimum Gasteiger partial charge on any atom is -0.351 e. The molecule has 30 heavy (non-hydrogen) atoms. The van der Waals surface area contributed by atoms with E-state index in [4.69, 9.17) is 0 Å². The molecule has 156 valence electrons. The molecule has 0 aliphatic carbocycles. The normalized spacial score (nSPS) is 10.7. The molecule has 0 radical (unpaired) electrons. The maximum Gasteiger partial charge on any atom is 0.252 e. The minimum atomic E-state index is -0.519. The standard InChI is InChI=1S/C21H18BrF2N3O2S/c1-12-2-3-13(9-18(12)24)8-15-11-26-21(30-15)27-19(28)6-7-25-20(29)16-10-14(23)4-5-17(16)22/h2-5,9-11H,6-8H2,1H3,(H,25,29)(H,26,27,28). The van der Waals surface area contributed by atoms with E-state index in [0.717, 1.165) is 16.5 Å². The van der Waals surface area contributed by atoms with Crippen molar-refractivity contribution in [1.82, 2.24) is 10.3 Å². The number of anilines is 1. The van der Waals surface area contributed by atoms with Gasteiger partial charge in [0.1, 0.15) is 11.6 Å². The molecule has 0 aliphatic rings. The molecule has 0 saturated heterocycles. The molecule has 0 fully saturated rings. The smallest absolute Gasteiger partial charge is 0.252 e. The van der Waals surface area contributed by atoms with Crippen molar-refractivity contribution in [3.63, 3.8) is 0 Å². The van der Waals surface area contributed by atoms with E-state index >= 15 is 0 Å². The first-order valence-electron chi connectivity index (χ1n) is 9.04. The minimum absolute atomic E-state index is 0.0385. The molecule has 0 saturated carbocycles. The summed E-state index contributed by atoms with van der Waals surface area (Å²) in [6.07, 6.45) is 2.20. The Morgan fingerprint density at radius 3 is 2.73 bits per heavy atom. The fraction of sp³-hybridized carbons (Fsp3) is 0.190. The first-order valence-corrected chi connectivity index (χ1v) is 10.7. The van der Waals surface area contributed by atoms with Gasteiger partial charge >= 0.3 is 0 Å². The van der Waals surface area contributed by atoms with Crippen LogP contribution in [0.1, 0.15) is 32.8 Å². The van der Waals surface area contributed by atoms with Crippen molar-refractivity contribution in [3.05, 3.63) is 80.3 Å². The Labute approximate surface area is 184 Å². The van der Waals surface area contributed by atoms with E-state index in [-0.39, 0.29) is 30.3 Å². The molecule has 0 spiro atoms. The van der Waals surface area contributed by atoms with Gasteiger partial charge in [0.25, 0.3) is 5.91 Å². The van der Waals surface area contributed by atoms with Crippen molar-refractivity contribution in [2.45, 2.75) is 19.8 Å². The first kappa shape index (κ1) is 22.0. The van der Waals surface area contributed by atoms with E-state index in [9.17, 15) is 18.4 Å². The van der Waals surface area contributed by atoms with E-state index in [1.807, 2.05) is 6.07 Å². The van der Waals surface area contributed by atoms with Crippen LogP contribution in [-0.2, 0) is 11.2 Å². The lowest BCUT2D eigenvalue weighted by molar-refractivity contribution is -0.116. The molecule has 2 N–H and O–H groups in total. The van der Waals surface area contributed by atoms with E-state index < -0.39 is 11.7 Å². The van der Waals surface area contributed by atoms with Gasteiger partial charge in [0, 0.05) is 34.9 Å². The van der Waals surface area contributed by atoms with E-state index in [1.165, 1.54) is 29.5 Å². The average Bonchev–Trinajstić information content (AvgIpc) is 3.13. The van der Waals surface area contributed by atoms with Crippen LogP contribution in [0.4, 0.5) is 13.9 Å².